The zero-order chi connectivity index (χ0) is 14.4. The Balaban J connectivity index is 1.68. The van der Waals surface area contributed by atoms with Gasteiger partial charge in [-0.2, -0.15) is 5.10 Å². The van der Waals surface area contributed by atoms with Crippen LogP contribution in [0.3, 0.4) is 0 Å². The van der Waals surface area contributed by atoms with Crippen LogP contribution in [0.2, 0.25) is 0 Å². The molecule has 2 rings (SSSR count). The number of likely N-dealkylation sites (tertiary alicyclic amines) is 1. The standard InChI is InChI=1S/C13H22N4O3/c1-17-6-4-10(5-7-17)15-16-13(19)12(18)14-9-11-3-2-8-20-11/h11H,2-9H2,1H3,(H,14,18)(H,16,19)/t11-/m0/s1. The van der Waals surface area contributed by atoms with Gasteiger partial charge in [-0.25, -0.2) is 5.43 Å². The van der Waals surface area contributed by atoms with E-state index in [9.17, 15) is 9.59 Å². The number of hydrazone groups is 1. The van der Waals surface area contributed by atoms with Crippen LogP contribution in [0.1, 0.15) is 25.7 Å². The summed E-state index contributed by atoms with van der Waals surface area (Å²) >= 11 is 0. The van der Waals surface area contributed by atoms with Crippen molar-refractivity contribution < 1.29 is 14.3 Å². The minimum Gasteiger partial charge on any atom is -0.376 e. The van der Waals surface area contributed by atoms with Crippen LogP contribution in [0.25, 0.3) is 0 Å². The van der Waals surface area contributed by atoms with Gasteiger partial charge in [0, 0.05) is 44.8 Å². The lowest BCUT2D eigenvalue weighted by Crippen LogP contribution is -2.41. The predicted octanol–water partition coefficient (Wildman–Crippen LogP) is -0.521. The molecule has 2 N–H and O–H groups in total. The van der Waals surface area contributed by atoms with Gasteiger partial charge in [-0.15, -0.1) is 0 Å². The predicted molar refractivity (Wildman–Crippen MR) is 74.3 cm³/mol. The number of ether oxygens (including phenoxy) is 1. The van der Waals surface area contributed by atoms with Crippen molar-refractivity contribution in [2.75, 3.05) is 33.3 Å². The largest absolute Gasteiger partial charge is 0.376 e. The van der Waals surface area contributed by atoms with Crippen LogP contribution in [0.15, 0.2) is 5.10 Å². The number of nitrogens with one attached hydrogen (secondary N) is 2. The Labute approximate surface area is 118 Å². The van der Waals surface area contributed by atoms with Gasteiger partial charge in [0.25, 0.3) is 0 Å². The smallest absolute Gasteiger partial charge is 0.329 e. The van der Waals surface area contributed by atoms with Gasteiger partial charge in [-0.3, -0.25) is 9.59 Å². The molecule has 0 saturated carbocycles. The summed E-state index contributed by atoms with van der Waals surface area (Å²) < 4.78 is 5.37. The van der Waals surface area contributed by atoms with Crippen LogP contribution in [-0.2, 0) is 14.3 Å². The second-order valence-corrected chi connectivity index (χ2v) is 5.27. The van der Waals surface area contributed by atoms with Crippen LogP contribution in [0, 0.1) is 0 Å². The van der Waals surface area contributed by atoms with E-state index in [1.54, 1.807) is 0 Å². The third-order valence-electron chi connectivity index (χ3n) is 3.60. The highest BCUT2D eigenvalue weighted by atomic mass is 16.5. The van der Waals surface area contributed by atoms with Crippen molar-refractivity contribution in [3.05, 3.63) is 0 Å². The van der Waals surface area contributed by atoms with Crippen molar-refractivity contribution >= 4 is 17.5 Å². The molecule has 2 amide bonds. The van der Waals surface area contributed by atoms with E-state index in [0.29, 0.717) is 6.54 Å². The summed E-state index contributed by atoms with van der Waals surface area (Å²) in [5, 5.41) is 6.58. The van der Waals surface area contributed by atoms with E-state index in [0.717, 1.165) is 51.1 Å². The maximum absolute atomic E-state index is 11.6. The molecule has 0 spiro atoms. The van der Waals surface area contributed by atoms with Crippen molar-refractivity contribution in [1.29, 1.82) is 0 Å². The van der Waals surface area contributed by atoms with Gasteiger partial charge in [0.05, 0.1) is 6.10 Å². The minimum absolute atomic E-state index is 0.0342. The number of rotatable bonds is 3. The van der Waals surface area contributed by atoms with Crippen molar-refractivity contribution in [3.8, 4) is 0 Å². The van der Waals surface area contributed by atoms with Crippen LogP contribution >= 0.6 is 0 Å². The molecule has 2 saturated heterocycles. The molecule has 0 aliphatic carbocycles. The molecule has 1 atom stereocenters. The number of nitrogens with zero attached hydrogens (tertiary/aromatic N) is 2. The lowest BCUT2D eigenvalue weighted by atomic mass is 10.1. The highest BCUT2D eigenvalue weighted by Crippen LogP contribution is 2.10. The molecule has 7 nitrogen and oxygen atoms in total. The molecule has 0 radical (unpaired) electrons. The normalized spacial score (nSPS) is 23.4. The van der Waals surface area contributed by atoms with Crippen LogP contribution in [-0.4, -0.2) is 61.8 Å². The fraction of sp³-hybridized carbons (Fsp3) is 0.769. The molecule has 2 fully saturated rings. The Hall–Kier alpha value is -1.47. The first-order chi connectivity index (χ1) is 9.65. The number of carbonyl (C=O) groups excluding carboxylic acids is 2. The van der Waals surface area contributed by atoms with E-state index in [1.165, 1.54) is 0 Å². The molecule has 2 aliphatic heterocycles. The summed E-state index contributed by atoms with van der Waals surface area (Å²) in [5.74, 6) is -1.37. The van der Waals surface area contributed by atoms with E-state index in [-0.39, 0.29) is 6.10 Å². The molecule has 2 aliphatic rings. The van der Waals surface area contributed by atoms with Crippen LogP contribution < -0.4 is 10.7 Å². The summed E-state index contributed by atoms with van der Waals surface area (Å²) in [4.78, 5) is 25.3. The van der Waals surface area contributed by atoms with E-state index in [2.05, 4.69) is 20.7 Å². The molecule has 0 bridgehead atoms. The average molecular weight is 282 g/mol. The Morgan fingerprint density at radius 1 is 1.35 bits per heavy atom. The third kappa shape index (κ3) is 4.57. The van der Waals surface area contributed by atoms with Gasteiger partial charge in [0.2, 0.25) is 0 Å². The second-order valence-electron chi connectivity index (χ2n) is 5.27. The lowest BCUT2D eigenvalue weighted by Gasteiger charge is -2.22. The number of hydrogen-bond acceptors (Lipinski definition) is 5. The van der Waals surface area contributed by atoms with Gasteiger partial charge >= 0.3 is 11.8 Å². The third-order valence-corrected chi connectivity index (χ3v) is 3.60. The second kappa shape index (κ2) is 7.35. The zero-order valence-corrected chi connectivity index (χ0v) is 11.9. The average Bonchev–Trinajstić information content (AvgIpc) is 2.97. The van der Waals surface area contributed by atoms with E-state index >= 15 is 0 Å². The highest BCUT2D eigenvalue weighted by molar-refractivity contribution is 6.35. The van der Waals surface area contributed by atoms with Crippen molar-refractivity contribution in [3.63, 3.8) is 0 Å². The van der Waals surface area contributed by atoms with Crippen LogP contribution in [0.4, 0.5) is 0 Å². The maximum atomic E-state index is 11.6. The highest BCUT2D eigenvalue weighted by Gasteiger charge is 2.19. The van der Waals surface area contributed by atoms with E-state index in [1.807, 2.05) is 7.05 Å². The van der Waals surface area contributed by atoms with Crippen molar-refractivity contribution in [2.45, 2.75) is 31.8 Å². The first-order valence-electron chi connectivity index (χ1n) is 7.09. The van der Waals surface area contributed by atoms with Crippen LogP contribution in [0.5, 0.6) is 0 Å². The van der Waals surface area contributed by atoms with Crippen molar-refractivity contribution in [2.24, 2.45) is 5.10 Å². The van der Waals surface area contributed by atoms with Gasteiger partial charge in [-0.05, 0) is 19.9 Å². The summed E-state index contributed by atoms with van der Waals surface area (Å²) in [6, 6.07) is 0. The Kier molecular flexibility index (Phi) is 5.49. The number of amides is 2. The molecule has 0 aromatic heterocycles. The first-order valence-corrected chi connectivity index (χ1v) is 7.09. The van der Waals surface area contributed by atoms with Gasteiger partial charge in [0.1, 0.15) is 0 Å². The maximum Gasteiger partial charge on any atom is 0.329 e. The number of carbonyl (C=O) groups is 2. The van der Waals surface area contributed by atoms with E-state index in [4.69, 9.17) is 4.74 Å². The fourth-order valence-electron chi connectivity index (χ4n) is 2.26. The lowest BCUT2D eigenvalue weighted by molar-refractivity contribution is -0.139. The first kappa shape index (κ1) is 14.9. The topological polar surface area (TPSA) is 83.0 Å². The molecule has 0 unspecified atom stereocenters. The Morgan fingerprint density at radius 2 is 2.10 bits per heavy atom. The summed E-state index contributed by atoms with van der Waals surface area (Å²) in [7, 11) is 2.05. The SMILES string of the molecule is CN1CCC(=NNC(=O)C(=O)NC[C@@H]2CCCO2)CC1. The summed E-state index contributed by atoms with van der Waals surface area (Å²) in [6.45, 7) is 2.97. The molecular formula is C13H22N4O3. The molecule has 2 heterocycles. The number of hydrogen-bond donors (Lipinski definition) is 2. The van der Waals surface area contributed by atoms with Crippen molar-refractivity contribution in [1.82, 2.24) is 15.6 Å². The summed E-state index contributed by atoms with van der Waals surface area (Å²) in [6.07, 6.45) is 3.63. The molecule has 112 valence electrons. The minimum atomic E-state index is -0.713. The molecule has 0 aromatic carbocycles. The van der Waals surface area contributed by atoms with Gasteiger partial charge in [0.15, 0.2) is 0 Å². The Morgan fingerprint density at radius 3 is 2.75 bits per heavy atom. The fourth-order valence-corrected chi connectivity index (χ4v) is 2.26. The quantitative estimate of drug-likeness (QED) is 0.539. The zero-order valence-electron chi connectivity index (χ0n) is 11.9. The molecule has 0 aromatic rings. The van der Waals surface area contributed by atoms with Gasteiger partial charge < -0.3 is 15.0 Å². The summed E-state index contributed by atoms with van der Waals surface area (Å²) in [5.41, 5.74) is 3.25. The molecule has 20 heavy (non-hydrogen) atoms. The molecular weight excluding hydrogens is 260 g/mol. The van der Waals surface area contributed by atoms with Gasteiger partial charge in [-0.1, -0.05) is 0 Å². The monoisotopic (exact) mass is 282 g/mol. The Bertz CT molecular complexity index is 381. The van der Waals surface area contributed by atoms with E-state index < -0.39 is 11.8 Å². The molecule has 7 heteroatoms. The number of piperidine rings is 1.